The molecule has 0 aliphatic rings. The number of para-hydroxylation sites is 2. The first-order valence-corrected chi connectivity index (χ1v) is 15.9. The van der Waals surface area contributed by atoms with E-state index in [0.717, 1.165) is 44.4 Å². The molecule has 0 saturated carbocycles. The average Bonchev–Trinajstić information content (AvgIpc) is 3.80. The van der Waals surface area contributed by atoms with Gasteiger partial charge >= 0.3 is 0 Å². The van der Waals surface area contributed by atoms with Crippen LogP contribution in [0, 0.1) is 0 Å². The predicted octanol–water partition coefficient (Wildman–Crippen LogP) is 10.7. The molecule has 4 heterocycles. The number of benzene rings is 6. The number of hydrogen-bond donors (Lipinski definition) is 0. The third-order valence-electron chi connectivity index (χ3n) is 8.97. The van der Waals surface area contributed by atoms with Gasteiger partial charge in [0.15, 0.2) is 0 Å². The van der Waals surface area contributed by atoms with Gasteiger partial charge in [0.1, 0.15) is 0 Å². The van der Waals surface area contributed by atoms with E-state index in [1.807, 2.05) is 17.4 Å². The Bertz CT molecular complexity index is 2750. The monoisotopic (exact) mass is 592 g/mol. The quantitative estimate of drug-likeness (QED) is 0.205. The van der Waals surface area contributed by atoms with Gasteiger partial charge in [-0.1, -0.05) is 97.1 Å². The molecule has 0 aliphatic heterocycles. The molecule has 10 rings (SSSR count). The molecule has 0 aliphatic carbocycles. The highest BCUT2D eigenvalue weighted by molar-refractivity contribution is 7.26. The maximum Gasteiger partial charge on any atom is 0.235 e. The van der Waals surface area contributed by atoms with Crippen molar-refractivity contribution in [3.63, 3.8) is 0 Å². The van der Waals surface area contributed by atoms with Crippen LogP contribution >= 0.6 is 11.3 Å². The Morgan fingerprint density at radius 2 is 1.20 bits per heavy atom. The Balaban J connectivity index is 1.42. The van der Waals surface area contributed by atoms with Gasteiger partial charge in [-0.15, -0.1) is 11.3 Å². The lowest BCUT2D eigenvalue weighted by Crippen LogP contribution is -2.04. The fourth-order valence-electron chi connectivity index (χ4n) is 7.01. The van der Waals surface area contributed by atoms with Crippen molar-refractivity contribution in [2.24, 2.45) is 0 Å². The van der Waals surface area contributed by atoms with Crippen molar-refractivity contribution in [1.29, 1.82) is 0 Å². The third-order valence-corrected chi connectivity index (χ3v) is 10.1. The van der Waals surface area contributed by atoms with Gasteiger partial charge in [0.05, 0.1) is 27.8 Å². The van der Waals surface area contributed by atoms with Crippen molar-refractivity contribution >= 4 is 75.1 Å². The molecule has 0 atom stereocenters. The van der Waals surface area contributed by atoms with Crippen LogP contribution < -0.4 is 0 Å². The van der Waals surface area contributed by atoms with E-state index in [1.54, 1.807) is 0 Å². The molecule has 0 fully saturated rings. The van der Waals surface area contributed by atoms with Gasteiger partial charge in [-0.2, -0.15) is 0 Å². The standard InChI is InChI=1S/C40H24N4S/c1-3-11-25(12-4-1)37-29-15-7-9-17-32(29)41-40(42-37)44-38-27(19-21-33-30(38)23-24-43(33)26-13-5-2-6-14-26)28-20-22-35-36(39(28)44)31-16-8-10-18-34(31)45-35/h1-24H. The number of nitrogens with zero attached hydrogens (tertiary/aromatic N) is 4. The molecular formula is C40H24N4S. The topological polar surface area (TPSA) is 35.6 Å². The summed E-state index contributed by atoms with van der Waals surface area (Å²) in [4.78, 5) is 10.7. The van der Waals surface area contributed by atoms with Crippen LogP contribution in [-0.2, 0) is 0 Å². The summed E-state index contributed by atoms with van der Waals surface area (Å²) in [6.07, 6.45) is 2.17. The Hall–Kier alpha value is -5.78. The van der Waals surface area contributed by atoms with Crippen molar-refractivity contribution in [3.8, 4) is 22.9 Å². The molecule has 6 aromatic carbocycles. The van der Waals surface area contributed by atoms with Crippen molar-refractivity contribution in [2.75, 3.05) is 0 Å². The SMILES string of the molecule is c1ccc(-c2nc(-n3c4c(ccc5c4ccn5-c4ccccc4)c4ccc5sc6ccccc6c5c43)nc3ccccc23)cc1. The Labute approximate surface area is 262 Å². The zero-order valence-electron chi connectivity index (χ0n) is 24.1. The fourth-order valence-corrected chi connectivity index (χ4v) is 8.12. The molecule has 5 heteroatoms. The van der Waals surface area contributed by atoms with Crippen LogP contribution in [0.3, 0.4) is 0 Å². The van der Waals surface area contributed by atoms with Crippen LogP contribution in [0.5, 0.6) is 0 Å². The van der Waals surface area contributed by atoms with Crippen molar-refractivity contribution < 1.29 is 0 Å². The molecule has 4 nitrogen and oxygen atoms in total. The molecule has 0 unspecified atom stereocenters. The molecule has 0 bridgehead atoms. The van der Waals surface area contributed by atoms with E-state index < -0.39 is 0 Å². The van der Waals surface area contributed by atoms with Crippen molar-refractivity contribution in [1.82, 2.24) is 19.1 Å². The Morgan fingerprint density at radius 1 is 0.489 bits per heavy atom. The van der Waals surface area contributed by atoms with Gasteiger partial charge < -0.3 is 4.57 Å². The summed E-state index contributed by atoms with van der Waals surface area (Å²) < 4.78 is 7.14. The molecule has 4 aromatic heterocycles. The van der Waals surface area contributed by atoms with Crippen molar-refractivity contribution in [3.05, 3.63) is 146 Å². The van der Waals surface area contributed by atoms with Crippen LogP contribution in [0.15, 0.2) is 146 Å². The fraction of sp³-hybridized carbons (Fsp3) is 0. The second-order valence-electron chi connectivity index (χ2n) is 11.4. The molecular weight excluding hydrogens is 569 g/mol. The molecule has 0 saturated heterocycles. The van der Waals surface area contributed by atoms with E-state index in [2.05, 4.69) is 149 Å². The molecule has 45 heavy (non-hydrogen) atoms. The largest absolute Gasteiger partial charge is 0.316 e. The van der Waals surface area contributed by atoms with Gasteiger partial charge in [0.2, 0.25) is 5.95 Å². The van der Waals surface area contributed by atoms with Crippen molar-refractivity contribution in [2.45, 2.75) is 0 Å². The normalized spacial score (nSPS) is 12.0. The number of aromatic nitrogens is 4. The third kappa shape index (κ3) is 3.53. The molecule has 210 valence electrons. The van der Waals surface area contributed by atoms with Gasteiger partial charge in [-0.3, -0.25) is 4.57 Å². The minimum absolute atomic E-state index is 0.676. The molecule has 0 amide bonds. The van der Waals surface area contributed by atoms with E-state index in [4.69, 9.17) is 9.97 Å². The average molecular weight is 593 g/mol. The van der Waals surface area contributed by atoms with Crippen LogP contribution in [0.4, 0.5) is 0 Å². The number of fused-ring (bicyclic) bond motifs is 10. The lowest BCUT2D eigenvalue weighted by Gasteiger charge is -2.13. The first kappa shape index (κ1) is 24.6. The van der Waals surface area contributed by atoms with Gasteiger partial charge in [0.25, 0.3) is 0 Å². The van der Waals surface area contributed by atoms with Gasteiger partial charge in [-0.05, 0) is 42.5 Å². The minimum atomic E-state index is 0.676. The van der Waals surface area contributed by atoms with E-state index in [1.165, 1.54) is 36.3 Å². The smallest absolute Gasteiger partial charge is 0.235 e. The molecule has 0 spiro atoms. The zero-order valence-corrected chi connectivity index (χ0v) is 24.9. The second-order valence-corrected chi connectivity index (χ2v) is 12.5. The lowest BCUT2D eigenvalue weighted by atomic mass is 10.1. The minimum Gasteiger partial charge on any atom is -0.316 e. The summed E-state index contributed by atoms with van der Waals surface area (Å²) in [6, 6.07) is 49.4. The van der Waals surface area contributed by atoms with E-state index in [-0.39, 0.29) is 0 Å². The van der Waals surface area contributed by atoms with Crippen LogP contribution in [0.25, 0.3) is 86.7 Å². The zero-order chi connectivity index (χ0) is 29.5. The number of thiophene rings is 1. The maximum absolute atomic E-state index is 5.41. The van der Waals surface area contributed by atoms with Gasteiger partial charge in [0, 0.05) is 59.2 Å². The highest BCUT2D eigenvalue weighted by Gasteiger charge is 2.23. The van der Waals surface area contributed by atoms with Crippen LogP contribution in [-0.4, -0.2) is 19.1 Å². The first-order valence-electron chi connectivity index (χ1n) is 15.1. The number of rotatable bonds is 3. The highest BCUT2D eigenvalue weighted by atomic mass is 32.1. The molecule has 0 N–H and O–H groups in total. The highest BCUT2D eigenvalue weighted by Crippen LogP contribution is 2.44. The summed E-state index contributed by atoms with van der Waals surface area (Å²) in [6.45, 7) is 0. The van der Waals surface area contributed by atoms with E-state index in [9.17, 15) is 0 Å². The number of hydrogen-bond acceptors (Lipinski definition) is 3. The summed E-state index contributed by atoms with van der Waals surface area (Å²) in [5, 5.41) is 7.11. The summed E-state index contributed by atoms with van der Waals surface area (Å²) in [5.74, 6) is 0.676. The van der Waals surface area contributed by atoms with E-state index in [0.29, 0.717) is 5.95 Å². The van der Waals surface area contributed by atoms with Crippen LogP contribution in [0.2, 0.25) is 0 Å². The summed E-state index contributed by atoms with van der Waals surface area (Å²) in [5.41, 5.74) is 7.48. The molecule has 10 aromatic rings. The maximum atomic E-state index is 5.41. The van der Waals surface area contributed by atoms with Gasteiger partial charge in [-0.25, -0.2) is 9.97 Å². The first-order chi connectivity index (χ1) is 22.3. The molecule has 0 radical (unpaired) electrons. The Kier molecular flexibility index (Phi) is 5.12. The van der Waals surface area contributed by atoms with E-state index >= 15 is 0 Å². The lowest BCUT2D eigenvalue weighted by molar-refractivity contribution is 1.02. The summed E-state index contributed by atoms with van der Waals surface area (Å²) in [7, 11) is 0. The Morgan fingerprint density at radius 3 is 2.07 bits per heavy atom. The second kappa shape index (κ2) is 9.36. The predicted molar refractivity (Wildman–Crippen MR) is 189 cm³/mol. The van der Waals surface area contributed by atoms with Crippen LogP contribution in [0.1, 0.15) is 0 Å². The summed E-state index contributed by atoms with van der Waals surface area (Å²) >= 11 is 1.84.